The van der Waals surface area contributed by atoms with Gasteiger partial charge in [0.25, 0.3) is 0 Å². The fraction of sp³-hybridized carbons (Fsp3) is 0.438. The van der Waals surface area contributed by atoms with Crippen molar-refractivity contribution in [3.63, 3.8) is 0 Å². The van der Waals surface area contributed by atoms with E-state index in [1.165, 1.54) is 24.0 Å². The van der Waals surface area contributed by atoms with Gasteiger partial charge >= 0.3 is 0 Å². The average molecular weight is 243 g/mol. The van der Waals surface area contributed by atoms with Crippen LogP contribution in [0, 0.1) is 0 Å². The maximum atomic E-state index is 2.27. The fourth-order valence-electron chi connectivity index (χ4n) is 2.10. The Morgan fingerprint density at radius 1 is 1.06 bits per heavy atom. The quantitative estimate of drug-likeness (QED) is 0.689. The summed E-state index contributed by atoms with van der Waals surface area (Å²) in [5.41, 5.74) is 2.77. The molecule has 0 unspecified atom stereocenters. The van der Waals surface area contributed by atoms with E-state index in [0.717, 1.165) is 19.5 Å². The van der Waals surface area contributed by atoms with Crippen molar-refractivity contribution in [1.82, 2.24) is 4.57 Å². The van der Waals surface area contributed by atoms with E-state index in [4.69, 9.17) is 0 Å². The van der Waals surface area contributed by atoms with Crippen molar-refractivity contribution in [1.29, 1.82) is 0 Å². The molecule has 0 aliphatic heterocycles. The lowest BCUT2D eigenvalue weighted by Gasteiger charge is -2.00. The van der Waals surface area contributed by atoms with Gasteiger partial charge in [-0.1, -0.05) is 44.5 Å². The predicted molar refractivity (Wildman–Crippen MR) is 74.5 cm³/mol. The number of hydrogen-bond acceptors (Lipinski definition) is 0. The van der Waals surface area contributed by atoms with Crippen LogP contribution in [0.15, 0.2) is 43.0 Å². The molecule has 0 bridgehead atoms. The van der Waals surface area contributed by atoms with Gasteiger partial charge in [-0.15, -0.1) is 0 Å². The molecule has 0 saturated heterocycles. The van der Waals surface area contributed by atoms with Crippen LogP contribution in [0.2, 0.25) is 0 Å². The van der Waals surface area contributed by atoms with Gasteiger partial charge in [0.1, 0.15) is 18.9 Å². The van der Waals surface area contributed by atoms with Gasteiger partial charge in [-0.05, 0) is 24.0 Å². The Kier molecular flexibility index (Phi) is 4.57. The molecule has 0 atom stereocenters. The van der Waals surface area contributed by atoms with Crippen molar-refractivity contribution in [3.05, 3.63) is 54.1 Å². The van der Waals surface area contributed by atoms with Gasteiger partial charge in [-0.25, -0.2) is 9.13 Å². The molecule has 2 heteroatoms. The summed E-state index contributed by atoms with van der Waals surface area (Å²) in [5.74, 6) is 0. The van der Waals surface area contributed by atoms with Crippen LogP contribution >= 0.6 is 0 Å². The first-order valence-electron chi connectivity index (χ1n) is 6.94. The van der Waals surface area contributed by atoms with Crippen LogP contribution in [-0.4, -0.2) is 4.57 Å². The van der Waals surface area contributed by atoms with Gasteiger partial charge in [0.05, 0.1) is 6.54 Å². The van der Waals surface area contributed by atoms with Crippen molar-refractivity contribution in [3.8, 4) is 0 Å². The third-order valence-electron chi connectivity index (χ3n) is 3.31. The first kappa shape index (κ1) is 12.9. The molecular weight excluding hydrogens is 220 g/mol. The monoisotopic (exact) mass is 243 g/mol. The summed E-state index contributed by atoms with van der Waals surface area (Å²) in [5, 5.41) is 0. The molecule has 0 aliphatic rings. The zero-order valence-electron chi connectivity index (χ0n) is 11.5. The number of benzene rings is 1. The van der Waals surface area contributed by atoms with Gasteiger partial charge in [0, 0.05) is 0 Å². The van der Waals surface area contributed by atoms with E-state index >= 15 is 0 Å². The van der Waals surface area contributed by atoms with Gasteiger partial charge in [-0.2, -0.15) is 0 Å². The number of unbranched alkanes of at least 4 members (excludes halogenated alkanes) is 1. The third kappa shape index (κ3) is 3.46. The zero-order chi connectivity index (χ0) is 12.8. The van der Waals surface area contributed by atoms with Crippen LogP contribution in [-0.2, 0) is 19.5 Å². The van der Waals surface area contributed by atoms with Gasteiger partial charge in [0.15, 0.2) is 0 Å². The molecule has 18 heavy (non-hydrogen) atoms. The lowest BCUT2D eigenvalue weighted by atomic mass is 10.1. The Morgan fingerprint density at radius 3 is 2.44 bits per heavy atom. The summed E-state index contributed by atoms with van der Waals surface area (Å²) in [6, 6.07) is 8.92. The highest BCUT2D eigenvalue weighted by atomic mass is 15.1. The molecule has 1 heterocycles. The Bertz CT molecular complexity index is 468. The second-order valence-corrected chi connectivity index (χ2v) is 4.85. The van der Waals surface area contributed by atoms with E-state index < -0.39 is 0 Å². The second-order valence-electron chi connectivity index (χ2n) is 4.85. The molecule has 0 spiro atoms. The van der Waals surface area contributed by atoms with Crippen molar-refractivity contribution in [2.24, 2.45) is 0 Å². The largest absolute Gasteiger partial charge is 0.244 e. The molecule has 0 fully saturated rings. The number of hydrogen-bond donors (Lipinski definition) is 0. The maximum Gasteiger partial charge on any atom is 0.244 e. The van der Waals surface area contributed by atoms with Crippen molar-refractivity contribution in [2.45, 2.75) is 46.2 Å². The van der Waals surface area contributed by atoms with E-state index in [1.807, 2.05) is 0 Å². The lowest BCUT2D eigenvalue weighted by Crippen LogP contribution is -2.31. The maximum absolute atomic E-state index is 2.27. The second kappa shape index (κ2) is 6.39. The summed E-state index contributed by atoms with van der Waals surface area (Å²) in [6.07, 6.45) is 10.1. The van der Waals surface area contributed by atoms with Gasteiger partial charge < -0.3 is 0 Å². The van der Waals surface area contributed by atoms with Crippen molar-refractivity contribution < 1.29 is 4.57 Å². The number of nitrogens with zero attached hydrogens (tertiary/aromatic N) is 2. The lowest BCUT2D eigenvalue weighted by molar-refractivity contribution is -0.687. The smallest absolute Gasteiger partial charge is 0.237 e. The minimum Gasteiger partial charge on any atom is -0.237 e. The van der Waals surface area contributed by atoms with Crippen LogP contribution in [0.4, 0.5) is 0 Å². The standard InChI is InChI=1S/C16H23N2/c1-3-5-10-17-11-12-18(14-17)13-16-8-6-15(4-2)7-9-16/h6-9,11-12,14H,3-5,10,13H2,1-2H3/q+1. The molecule has 96 valence electrons. The summed E-state index contributed by atoms with van der Waals surface area (Å²) in [6.45, 7) is 6.51. The molecule has 2 aromatic rings. The van der Waals surface area contributed by atoms with Crippen LogP contribution in [0.5, 0.6) is 0 Å². The molecule has 0 saturated carbocycles. The molecule has 1 aromatic heterocycles. The molecule has 0 N–H and O–H groups in total. The summed E-state index contributed by atoms with van der Waals surface area (Å²) >= 11 is 0. The fourth-order valence-corrected chi connectivity index (χ4v) is 2.10. The topological polar surface area (TPSA) is 8.81 Å². The number of rotatable bonds is 6. The van der Waals surface area contributed by atoms with Crippen LogP contribution in [0.25, 0.3) is 0 Å². The third-order valence-corrected chi connectivity index (χ3v) is 3.31. The minimum absolute atomic E-state index is 0.961. The number of imidazole rings is 1. The Balaban J connectivity index is 1.97. The molecule has 1 aromatic carbocycles. The normalized spacial score (nSPS) is 10.8. The molecule has 0 radical (unpaired) electrons. The first-order chi connectivity index (χ1) is 8.81. The van der Waals surface area contributed by atoms with E-state index in [0.29, 0.717) is 0 Å². The van der Waals surface area contributed by atoms with E-state index in [9.17, 15) is 0 Å². The Morgan fingerprint density at radius 2 is 1.78 bits per heavy atom. The molecule has 2 rings (SSSR count). The van der Waals surface area contributed by atoms with Gasteiger partial charge in [-0.3, -0.25) is 0 Å². The Hall–Kier alpha value is -1.57. The van der Waals surface area contributed by atoms with Crippen molar-refractivity contribution in [2.75, 3.05) is 0 Å². The van der Waals surface area contributed by atoms with Crippen LogP contribution in [0.3, 0.4) is 0 Å². The minimum atomic E-state index is 0.961. The molecule has 0 aliphatic carbocycles. The Labute approximate surface area is 110 Å². The number of aromatic nitrogens is 2. The number of aryl methyl sites for hydroxylation is 2. The molecule has 0 amide bonds. The molecule has 2 nitrogen and oxygen atoms in total. The summed E-state index contributed by atoms with van der Waals surface area (Å²) in [4.78, 5) is 0. The van der Waals surface area contributed by atoms with E-state index in [2.05, 4.69) is 66.0 Å². The summed E-state index contributed by atoms with van der Waals surface area (Å²) in [7, 11) is 0. The first-order valence-corrected chi connectivity index (χ1v) is 6.94. The van der Waals surface area contributed by atoms with Gasteiger partial charge in [0.2, 0.25) is 6.33 Å². The highest BCUT2D eigenvalue weighted by Gasteiger charge is 2.04. The van der Waals surface area contributed by atoms with Crippen LogP contribution in [0.1, 0.15) is 37.8 Å². The highest BCUT2D eigenvalue weighted by molar-refractivity contribution is 5.21. The highest BCUT2D eigenvalue weighted by Crippen LogP contribution is 2.04. The average Bonchev–Trinajstić information content (AvgIpc) is 2.85. The van der Waals surface area contributed by atoms with E-state index in [1.54, 1.807) is 0 Å². The summed E-state index contributed by atoms with van der Waals surface area (Å²) < 4.78 is 4.51. The van der Waals surface area contributed by atoms with Crippen molar-refractivity contribution >= 4 is 0 Å². The molecular formula is C16H23N2+. The van der Waals surface area contributed by atoms with Crippen LogP contribution < -0.4 is 4.57 Å². The van der Waals surface area contributed by atoms with E-state index in [-0.39, 0.29) is 0 Å². The zero-order valence-corrected chi connectivity index (χ0v) is 11.5. The predicted octanol–water partition coefficient (Wildman–Crippen LogP) is 3.19. The SMILES string of the molecule is CCCCn1cc[n+](Cc2ccc(CC)cc2)c1.